The number of carbonyl (C=O) groups is 1. The third-order valence-electron chi connectivity index (χ3n) is 4.56. The number of aliphatic hydroxyl groups excluding tert-OH is 1. The van der Waals surface area contributed by atoms with Crippen LogP contribution in [-0.4, -0.2) is 51.8 Å². The van der Waals surface area contributed by atoms with Gasteiger partial charge in [-0.15, -0.1) is 0 Å². The van der Waals surface area contributed by atoms with E-state index >= 15 is 0 Å². The lowest BCUT2D eigenvalue weighted by Gasteiger charge is -2.16. The zero-order chi connectivity index (χ0) is 17.1. The van der Waals surface area contributed by atoms with E-state index < -0.39 is 6.10 Å². The Hall–Kier alpha value is -2.18. The number of nitrogens with two attached hydrogens (primary N) is 1. The highest BCUT2D eigenvalue weighted by Crippen LogP contribution is 2.23. The quantitative estimate of drug-likeness (QED) is 0.760. The van der Waals surface area contributed by atoms with Gasteiger partial charge in [0.1, 0.15) is 0 Å². The van der Waals surface area contributed by atoms with Gasteiger partial charge in [0.15, 0.2) is 0 Å². The van der Waals surface area contributed by atoms with Crippen LogP contribution in [0.15, 0.2) is 30.3 Å². The molecule has 1 aromatic carbocycles. The highest BCUT2D eigenvalue weighted by molar-refractivity contribution is 5.94. The molecule has 2 heterocycles. The van der Waals surface area contributed by atoms with Crippen molar-refractivity contribution in [2.45, 2.75) is 25.9 Å². The monoisotopic (exact) mass is 328 g/mol. The van der Waals surface area contributed by atoms with Crippen molar-refractivity contribution in [2.24, 2.45) is 11.7 Å². The number of H-pyrrole nitrogens is 1. The largest absolute Gasteiger partial charge is 0.391 e. The predicted octanol–water partition coefficient (Wildman–Crippen LogP) is 0.895. The Bertz CT molecular complexity index is 695. The Morgan fingerprint density at radius 3 is 2.75 bits per heavy atom. The molecule has 1 aromatic heterocycles. The van der Waals surface area contributed by atoms with E-state index in [1.807, 2.05) is 37.3 Å². The molecule has 4 N–H and O–H groups in total. The van der Waals surface area contributed by atoms with Gasteiger partial charge in [-0.3, -0.25) is 9.89 Å². The topological polar surface area (TPSA) is 95.2 Å². The standard InChI is InChI=1S/C18H24N4O2/c1-12-8-16(21-20-12)9-15-10-22(11-17(15)23)18(24)14-4-2-13(3-5-14)6-7-19/h2-5,8,15,17,23H,6-7,9-11,19H2,1H3,(H,20,21)/t15-,17-/m1/s1. The van der Waals surface area contributed by atoms with Crippen LogP contribution in [0.3, 0.4) is 0 Å². The van der Waals surface area contributed by atoms with Gasteiger partial charge in [-0.2, -0.15) is 5.10 Å². The van der Waals surface area contributed by atoms with Gasteiger partial charge >= 0.3 is 0 Å². The van der Waals surface area contributed by atoms with Crippen molar-refractivity contribution in [1.82, 2.24) is 15.1 Å². The SMILES string of the molecule is Cc1cc(C[C@@H]2CN(C(=O)c3ccc(CCN)cc3)C[C@H]2O)n[nH]1. The highest BCUT2D eigenvalue weighted by atomic mass is 16.3. The van der Waals surface area contributed by atoms with Crippen LogP contribution in [0.25, 0.3) is 0 Å². The Balaban J connectivity index is 1.63. The number of aromatic amines is 1. The summed E-state index contributed by atoms with van der Waals surface area (Å²) in [5.41, 5.74) is 9.25. The van der Waals surface area contributed by atoms with Crippen LogP contribution in [0.1, 0.15) is 27.3 Å². The molecule has 128 valence electrons. The summed E-state index contributed by atoms with van der Waals surface area (Å²) in [4.78, 5) is 14.4. The number of nitrogens with zero attached hydrogens (tertiary/aromatic N) is 2. The summed E-state index contributed by atoms with van der Waals surface area (Å²) < 4.78 is 0. The fourth-order valence-corrected chi connectivity index (χ4v) is 3.23. The van der Waals surface area contributed by atoms with Crippen LogP contribution in [0, 0.1) is 12.8 Å². The van der Waals surface area contributed by atoms with Gasteiger partial charge in [0, 0.05) is 30.3 Å². The summed E-state index contributed by atoms with van der Waals surface area (Å²) in [5, 5.41) is 17.4. The van der Waals surface area contributed by atoms with E-state index in [0.717, 1.165) is 23.4 Å². The van der Waals surface area contributed by atoms with E-state index in [1.165, 1.54) is 0 Å². The molecule has 0 bridgehead atoms. The van der Waals surface area contributed by atoms with Crippen molar-refractivity contribution in [3.63, 3.8) is 0 Å². The summed E-state index contributed by atoms with van der Waals surface area (Å²) in [7, 11) is 0. The van der Waals surface area contributed by atoms with E-state index in [2.05, 4.69) is 10.2 Å². The van der Waals surface area contributed by atoms with Gasteiger partial charge in [0.25, 0.3) is 5.91 Å². The number of amides is 1. The molecule has 3 rings (SSSR count). The summed E-state index contributed by atoms with van der Waals surface area (Å²) in [5.74, 6) is -0.0118. The normalized spacial score (nSPS) is 20.5. The van der Waals surface area contributed by atoms with E-state index in [0.29, 0.717) is 31.6 Å². The van der Waals surface area contributed by atoms with Gasteiger partial charge in [-0.05, 0) is 50.1 Å². The van der Waals surface area contributed by atoms with Gasteiger partial charge in [-0.1, -0.05) is 12.1 Å². The minimum Gasteiger partial charge on any atom is -0.391 e. The molecule has 1 amide bonds. The number of aliphatic hydroxyl groups is 1. The first-order chi connectivity index (χ1) is 11.6. The molecule has 6 heteroatoms. The van der Waals surface area contributed by atoms with E-state index in [9.17, 15) is 9.90 Å². The summed E-state index contributed by atoms with van der Waals surface area (Å²) in [6.07, 6.45) is 0.967. The molecule has 1 fully saturated rings. The maximum atomic E-state index is 12.6. The number of aryl methyl sites for hydroxylation is 1. The van der Waals surface area contributed by atoms with E-state index in [-0.39, 0.29) is 11.8 Å². The third-order valence-corrected chi connectivity index (χ3v) is 4.56. The summed E-state index contributed by atoms with van der Waals surface area (Å²) >= 11 is 0. The van der Waals surface area contributed by atoms with Crippen molar-refractivity contribution in [2.75, 3.05) is 19.6 Å². The molecule has 0 aliphatic carbocycles. The number of aromatic nitrogens is 2. The third kappa shape index (κ3) is 3.66. The summed E-state index contributed by atoms with van der Waals surface area (Å²) in [6, 6.07) is 9.54. The number of hydrogen-bond donors (Lipinski definition) is 3. The van der Waals surface area contributed by atoms with Crippen LogP contribution < -0.4 is 5.73 Å². The van der Waals surface area contributed by atoms with Gasteiger partial charge in [0.2, 0.25) is 0 Å². The smallest absolute Gasteiger partial charge is 0.253 e. The Morgan fingerprint density at radius 1 is 1.38 bits per heavy atom. The Morgan fingerprint density at radius 2 is 2.12 bits per heavy atom. The fraction of sp³-hybridized carbons (Fsp3) is 0.444. The van der Waals surface area contributed by atoms with Crippen LogP contribution in [0.4, 0.5) is 0 Å². The van der Waals surface area contributed by atoms with Gasteiger partial charge < -0.3 is 15.7 Å². The molecule has 24 heavy (non-hydrogen) atoms. The van der Waals surface area contributed by atoms with Gasteiger partial charge in [0.05, 0.1) is 11.8 Å². The molecule has 2 atom stereocenters. The predicted molar refractivity (Wildman–Crippen MR) is 91.6 cm³/mol. The maximum absolute atomic E-state index is 12.6. The second-order valence-electron chi connectivity index (χ2n) is 6.52. The minimum absolute atomic E-state index is 0.0214. The number of hydrogen-bond acceptors (Lipinski definition) is 4. The Labute approximate surface area is 141 Å². The second kappa shape index (κ2) is 7.15. The molecular weight excluding hydrogens is 304 g/mol. The van der Waals surface area contributed by atoms with Crippen molar-refractivity contribution >= 4 is 5.91 Å². The molecule has 1 aliphatic rings. The average molecular weight is 328 g/mol. The van der Waals surface area contributed by atoms with Crippen LogP contribution in [0.2, 0.25) is 0 Å². The van der Waals surface area contributed by atoms with Crippen LogP contribution in [0.5, 0.6) is 0 Å². The van der Waals surface area contributed by atoms with Crippen molar-refractivity contribution < 1.29 is 9.90 Å². The second-order valence-corrected chi connectivity index (χ2v) is 6.52. The zero-order valence-corrected chi connectivity index (χ0v) is 13.9. The van der Waals surface area contributed by atoms with E-state index in [1.54, 1.807) is 4.90 Å². The van der Waals surface area contributed by atoms with Gasteiger partial charge in [-0.25, -0.2) is 0 Å². The molecule has 0 radical (unpaired) electrons. The summed E-state index contributed by atoms with van der Waals surface area (Å²) in [6.45, 7) is 3.47. The number of likely N-dealkylation sites (tertiary alicyclic amines) is 1. The number of benzene rings is 1. The molecule has 6 nitrogen and oxygen atoms in total. The lowest BCUT2D eigenvalue weighted by atomic mass is 10.00. The molecule has 0 spiro atoms. The lowest BCUT2D eigenvalue weighted by molar-refractivity contribution is 0.0764. The number of rotatable bonds is 5. The zero-order valence-electron chi connectivity index (χ0n) is 13.9. The fourth-order valence-electron chi connectivity index (χ4n) is 3.23. The van der Waals surface area contributed by atoms with E-state index in [4.69, 9.17) is 5.73 Å². The van der Waals surface area contributed by atoms with Crippen molar-refractivity contribution in [3.05, 3.63) is 52.8 Å². The molecule has 0 saturated carbocycles. The van der Waals surface area contributed by atoms with Crippen molar-refractivity contribution in [1.29, 1.82) is 0 Å². The molecule has 2 aromatic rings. The maximum Gasteiger partial charge on any atom is 0.253 e. The number of nitrogens with one attached hydrogen (secondary N) is 1. The number of carbonyl (C=O) groups excluding carboxylic acids is 1. The number of β-amino-alcohol motifs (C(OH)–C–C–N with tert-alkyl or cyclic N) is 1. The van der Waals surface area contributed by atoms with Crippen LogP contribution in [-0.2, 0) is 12.8 Å². The molecular formula is C18H24N4O2. The first kappa shape index (κ1) is 16.7. The van der Waals surface area contributed by atoms with Crippen LogP contribution >= 0.6 is 0 Å². The first-order valence-electron chi connectivity index (χ1n) is 8.34. The average Bonchev–Trinajstić information content (AvgIpc) is 3.14. The first-order valence-corrected chi connectivity index (χ1v) is 8.34. The Kier molecular flexibility index (Phi) is 4.97. The molecule has 1 saturated heterocycles. The molecule has 0 unspecified atom stereocenters. The van der Waals surface area contributed by atoms with Crippen molar-refractivity contribution in [3.8, 4) is 0 Å². The highest BCUT2D eigenvalue weighted by Gasteiger charge is 2.34. The minimum atomic E-state index is -0.512. The lowest BCUT2D eigenvalue weighted by Crippen LogP contribution is -2.29. The molecule has 1 aliphatic heterocycles.